The molecule has 4 rings (SSSR count). The zero-order valence-electron chi connectivity index (χ0n) is 13.1. The van der Waals surface area contributed by atoms with Crippen molar-refractivity contribution >= 4 is 5.97 Å². The number of aliphatic hydroxyl groups is 1. The second kappa shape index (κ2) is 5.01. The van der Waals surface area contributed by atoms with Crippen LogP contribution in [0.3, 0.4) is 0 Å². The molecule has 124 valence electrons. The predicted octanol–water partition coefficient (Wildman–Crippen LogP) is 1.47. The number of fused-ring (bicyclic) bond motifs is 1. The Morgan fingerprint density at radius 2 is 2.00 bits per heavy atom. The summed E-state index contributed by atoms with van der Waals surface area (Å²) in [6.07, 6.45) is -1.18. The Morgan fingerprint density at radius 3 is 2.70 bits per heavy atom. The molecule has 0 aromatic heterocycles. The van der Waals surface area contributed by atoms with Crippen molar-refractivity contribution in [2.45, 2.75) is 50.2 Å². The van der Waals surface area contributed by atoms with Crippen molar-refractivity contribution in [1.82, 2.24) is 0 Å². The number of rotatable bonds is 3. The number of benzene rings is 1. The van der Waals surface area contributed by atoms with Crippen molar-refractivity contribution in [3.05, 3.63) is 35.9 Å². The minimum absolute atomic E-state index is 0.0360. The molecule has 1 aromatic carbocycles. The summed E-state index contributed by atoms with van der Waals surface area (Å²) in [5.41, 5.74) is -0.191. The van der Waals surface area contributed by atoms with Gasteiger partial charge in [-0.3, -0.25) is 0 Å². The van der Waals surface area contributed by atoms with E-state index >= 15 is 0 Å². The monoisotopic (exact) mass is 320 g/mol. The number of hydrogen-bond acceptors (Lipinski definition) is 6. The van der Waals surface area contributed by atoms with Crippen LogP contribution in [0.25, 0.3) is 0 Å². The highest BCUT2D eigenvalue weighted by Crippen LogP contribution is 2.58. The highest BCUT2D eigenvalue weighted by atomic mass is 16.8. The minimum Gasteiger partial charge on any atom is -0.462 e. The van der Waals surface area contributed by atoms with Gasteiger partial charge in [-0.05, 0) is 32.4 Å². The number of hydrogen-bond donors (Lipinski definition) is 1. The van der Waals surface area contributed by atoms with Crippen LogP contribution in [0.2, 0.25) is 0 Å². The molecule has 0 radical (unpaired) electrons. The topological polar surface area (TPSA) is 74.2 Å². The second-order valence-electron chi connectivity index (χ2n) is 6.85. The number of carbonyl (C=O) groups is 1. The SMILES string of the molecule is CC1(C)OC2C(O)[C@@]3(C[C@@H]3COC(=O)c3ccccc3)O[C@@H]2O1. The molecule has 6 nitrogen and oxygen atoms in total. The second-order valence-corrected chi connectivity index (χ2v) is 6.85. The van der Waals surface area contributed by atoms with E-state index in [0.29, 0.717) is 12.0 Å². The highest BCUT2D eigenvalue weighted by molar-refractivity contribution is 5.89. The quantitative estimate of drug-likeness (QED) is 0.850. The first-order valence-corrected chi connectivity index (χ1v) is 7.85. The largest absolute Gasteiger partial charge is 0.462 e. The molecular formula is C17H20O6. The molecule has 2 heterocycles. The van der Waals surface area contributed by atoms with Gasteiger partial charge in [0, 0.05) is 5.92 Å². The van der Waals surface area contributed by atoms with Gasteiger partial charge in [0.25, 0.3) is 0 Å². The molecular weight excluding hydrogens is 300 g/mol. The Bertz CT molecular complexity index is 615. The first-order chi connectivity index (χ1) is 10.9. The highest BCUT2D eigenvalue weighted by Gasteiger charge is 2.72. The van der Waals surface area contributed by atoms with Gasteiger partial charge in [0.1, 0.15) is 17.8 Å². The molecule has 3 fully saturated rings. The van der Waals surface area contributed by atoms with Crippen molar-refractivity contribution in [3.63, 3.8) is 0 Å². The lowest BCUT2D eigenvalue weighted by molar-refractivity contribution is -0.223. The summed E-state index contributed by atoms with van der Waals surface area (Å²) < 4.78 is 22.6. The molecule has 1 aromatic rings. The summed E-state index contributed by atoms with van der Waals surface area (Å²) in [6, 6.07) is 8.84. The lowest BCUT2D eigenvalue weighted by Crippen LogP contribution is -2.37. The van der Waals surface area contributed by atoms with E-state index in [9.17, 15) is 9.90 Å². The van der Waals surface area contributed by atoms with Gasteiger partial charge in [-0.15, -0.1) is 0 Å². The van der Waals surface area contributed by atoms with E-state index in [0.717, 1.165) is 0 Å². The molecule has 3 aliphatic rings. The van der Waals surface area contributed by atoms with Crippen LogP contribution >= 0.6 is 0 Å². The zero-order chi connectivity index (χ0) is 16.2. The first-order valence-electron chi connectivity index (χ1n) is 7.85. The van der Waals surface area contributed by atoms with Crippen LogP contribution in [0.1, 0.15) is 30.6 Å². The molecule has 6 heteroatoms. The first kappa shape index (κ1) is 15.1. The van der Waals surface area contributed by atoms with Crippen molar-refractivity contribution in [1.29, 1.82) is 0 Å². The zero-order valence-corrected chi connectivity index (χ0v) is 13.1. The van der Waals surface area contributed by atoms with Crippen LogP contribution in [0.15, 0.2) is 30.3 Å². The van der Waals surface area contributed by atoms with Gasteiger partial charge in [0.05, 0.1) is 12.2 Å². The van der Waals surface area contributed by atoms with Crippen LogP contribution in [0, 0.1) is 5.92 Å². The molecule has 23 heavy (non-hydrogen) atoms. The van der Waals surface area contributed by atoms with E-state index in [2.05, 4.69) is 0 Å². The third-order valence-corrected chi connectivity index (χ3v) is 4.76. The van der Waals surface area contributed by atoms with Gasteiger partial charge in [-0.1, -0.05) is 18.2 Å². The van der Waals surface area contributed by atoms with E-state index in [4.69, 9.17) is 18.9 Å². The minimum atomic E-state index is -0.769. The Balaban J connectivity index is 1.35. The maximum absolute atomic E-state index is 12.0. The summed E-state index contributed by atoms with van der Waals surface area (Å²) in [5.74, 6) is -1.15. The third-order valence-electron chi connectivity index (χ3n) is 4.76. The van der Waals surface area contributed by atoms with Gasteiger partial charge < -0.3 is 24.1 Å². The summed E-state index contributed by atoms with van der Waals surface area (Å²) in [6.45, 7) is 3.80. The van der Waals surface area contributed by atoms with Crippen molar-refractivity contribution in [2.75, 3.05) is 6.61 Å². The lowest BCUT2D eigenvalue weighted by Gasteiger charge is -2.23. The molecule has 0 amide bonds. The van der Waals surface area contributed by atoms with Crippen LogP contribution in [0.5, 0.6) is 0 Å². The molecule has 2 unspecified atom stereocenters. The fourth-order valence-corrected chi connectivity index (χ4v) is 3.49. The van der Waals surface area contributed by atoms with Crippen molar-refractivity contribution in [2.24, 2.45) is 5.92 Å². The van der Waals surface area contributed by atoms with E-state index in [1.165, 1.54) is 0 Å². The standard InChI is InChI=1S/C17H20O6/c1-16(2)21-12-13(18)17(23-15(12)22-16)8-11(17)9-20-14(19)10-6-4-3-5-7-10/h3-7,11-13,15,18H,8-9H2,1-2H3/t11-,12?,13?,15+,17+/m1/s1. The number of ether oxygens (including phenoxy) is 4. The van der Waals surface area contributed by atoms with Gasteiger partial charge >= 0.3 is 5.97 Å². The van der Waals surface area contributed by atoms with Gasteiger partial charge in [-0.25, -0.2) is 4.79 Å². The number of esters is 1. The maximum Gasteiger partial charge on any atom is 0.338 e. The Kier molecular flexibility index (Phi) is 3.29. The maximum atomic E-state index is 12.0. The van der Waals surface area contributed by atoms with Gasteiger partial charge in [0.15, 0.2) is 12.1 Å². The Morgan fingerprint density at radius 1 is 1.26 bits per heavy atom. The summed E-state index contributed by atoms with van der Waals surface area (Å²) in [4.78, 5) is 12.0. The average Bonchev–Trinajstić information content (AvgIpc) is 3.06. The van der Waals surface area contributed by atoms with E-state index in [1.807, 2.05) is 6.07 Å². The molecule has 2 aliphatic heterocycles. The third kappa shape index (κ3) is 2.46. The van der Waals surface area contributed by atoms with E-state index in [-0.39, 0.29) is 18.5 Å². The number of carbonyl (C=O) groups excluding carboxylic acids is 1. The number of aliphatic hydroxyl groups excluding tert-OH is 1. The van der Waals surface area contributed by atoms with Crippen molar-refractivity contribution < 1.29 is 28.8 Å². The van der Waals surface area contributed by atoms with Gasteiger partial charge in [0.2, 0.25) is 0 Å². The summed E-state index contributed by atoms with van der Waals surface area (Å²) >= 11 is 0. The molecule has 5 atom stereocenters. The van der Waals surface area contributed by atoms with Crippen LogP contribution in [-0.2, 0) is 18.9 Å². The molecule has 1 spiro atoms. The molecule has 2 saturated heterocycles. The molecule has 1 N–H and O–H groups in total. The van der Waals surface area contributed by atoms with Crippen LogP contribution in [0.4, 0.5) is 0 Å². The summed E-state index contributed by atoms with van der Waals surface area (Å²) in [7, 11) is 0. The predicted molar refractivity (Wildman–Crippen MR) is 78.5 cm³/mol. The Hall–Kier alpha value is -1.47. The Labute approximate surface area is 134 Å². The molecule has 1 aliphatic carbocycles. The smallest absolute Gasteiger partial charge is 0.338 e. The van der Waals surface area contributed by atoms with Crippen LogP contribution in [-0.4, -0.2) is 47.6 Å². The van der Waals surface area contributed by atoms with E-state index in [1.54, 1.807) is 38.1 Å². The fourth-order valence-electron chi connectivity index (χ4n) is 3.49. The van der Waals surface area contributed by atoms with Crippen LogP contribution < -0.4 is 0 Å². The van der Waals surface area contributed by atoms with Crippen molar-refractivity contribution in [3.8, 4) is 0 Å². The average molecular weight is 320 g/mol. The fraction of sp³-hybridized carbons (Fsp3) is 0.588. The van der Waals surface area contributed by atoms with Gasteiger partial charge in [-0.2, -0.15) is 0 Å². The summed E-state index contributed by atoms with van der Waals surface area (Å²) in [5, 5.41) is 10.5. The lowest BCUT2D eigenvalue weighted by atomic mass is 10.1. The normalized spacial score (nSPS) is 40.1. The molecule has 0 bridgehead atoms. The van der Waals surface area contributed by atoms with E-state index < -0.39 is 29.9 Å². The molecule has 1 saturated carbocycles.